The Hall–Kier alpha value is -4.07. The van der Waals surface area contributed by atoms with Crippen LogP contribution in [-0.2, 0) is 29.2 Å². The summed E-state index contributed by atoms with van der Waals surface area (Å²) in [5.74, 6) is -0.313. The molecule has 45 heavy (non-hydrogen) atoms. The lowest BCUT2D eigenvalue weighted by Crippen LogP contribution is -2.80. The van der Waals surface area contributed by atoms with Crippen molar-refractivity contribution in [1.82, 2.24) is 9.78 Å². The van der Waals surface area contributed by atoms with Crippen molar-refractivity contribution < 1.29 is 26.7 Å². The zero-order valence-corrected chi connectivity index (χ0v) is 26.2. The smallest absolute Gasteiger partial charge is 0.207 e. The Morgan fingerprint density at radius 3 is 2.36 bits per heavy atom. The van der Waals surface area contributed by atoms with E-state index in [1.165, 1.54) is 11.6 Å². The summed E-state index contributed by atoms with van der Waals surface area (Å²) in [7, 11) is 0. The molecule has 230 valence electrons. The van der Waals surface area contributed by atoms with Crippen molar-refractivity contribution in [2.75, 3.05) is 0 Å². The second-order valence-electron chi connectivity index (χ2n) is 13.4. The molecule has 5 aromatic rings. The number of pyridine rings is 2. The van der Waals surface area contributed by atoms with Crippen LogP contribution in [0.15, 0.2) is 67.0 Å². The zero-order chi connectivity index (χ0) is 31.7. The van der Waals surface area contributed by atoms with Crippen LogP contribution in [0.3, 0.4) is 0 Å². The van der Waals surface area contributed by atoms with Gasteiger partial charge in [-0.2, -0.15) is 32.1 Å². The summed E-state index contributed by atoms with van der Waals surface area (Å²) >= 11 is 0. The summed E-state index contributed by atoms with van der Waals surface area (Å²) in [6.07, 6.45) is 3.70. The van der Waals surface area contributed by atoms with E-state index in [9.17, 15) is 13.2 Å². The molecule has 8 rings (SSSR count). The molecule has 1 spiro atoms. The molecule has 2 aromatic carbocycles. The lowest BCUT2D eigenvalue weighted by Gasteiger charge is -2.46. The molecule has 8 heteroatoms. The topological polar surface area (TPSA) is 25.6 Å². The average Bonchev–Trinajstić information content (AvgIpc) is 3.58. The van der Waals surface area contributed by atoms with Gasteiger partial charge in [0.2, 0.25) is 11.4 Å². The number of hydrogen-bond acceptors (Lipinski definition) is 1. The maximum Gasteiger partial charge on any atom is 0.435 e. The highest BCUT2D eigenvalue weighted by molar-refractivity contribution is 6.02. The Labute approximate surface area is 260 Å². The van der Waals surface area contributed by atoms with Gasteiger partial charge in [-0.3, -0.25) is 0 Å². The Balaban J connectivity index is 1.62. The van der Waals surface area contributed by atoms with Crippen molar-refractivity contribution in [3.05, 3.63) is 101 Å². The van der Waals surface area contributed by atoms with Crippen LogP contribution >= 0.6 is 0 Å². The molecule has 1 aliphatic carbocycles. The maximum absolute atomic E-state index is 16.4. The number of halogens is 4. The van der Waals surface area contributed by atoms with E-state index < -0.39 is 28.5 Å². The molecule has 0 bridgehead atoms. The van der Waals surface area contributed by atoms with Crippen molar-refractivity contribution in [3.63, 3.8) is 0 Å². The fraction of sp³-hybridized carbons (Fsp3) is 0.378. The van der Waals surface area contributed by atoms with Gasteiger partial charge in [-0.25, -0.2) is 4.39 Å². The van der Waals surface area contributed by atoms with Crippen molar-refractivity contribution in [1.29, 1.82) is 0 Å². The molecule has 0 saturated carbocycles. The van der Waals surface area contributed by atoms with E-state index in [1.54, 1.807) is 4.68 Å². The third-order valence-corrected chi connectivity index (χ3v) is 11.1. The summed E-state index contributed by atoms with van der Waals surface area (Å²) in [4.78, 5) is 0. The number of aryl methyl sites for hydroxylation is 1. The molecule has 0 fully saturated rings. The predicted molar refractivity (Wildman–Crippen MR) is 164 cm³/mol. The molecule has 2 aliphatic heterocycles. The standard InChI is InChI=1S/C37H36F4N4/c1-6-9-12-22-14-15-24-30-23(22)18-20-44-33(30)31-25(16-17-26(38)32(31)34(24,4)5)36(35(44,7-2)8-3)43-19-11-10-13-27(43)28-21-29(37(39,40)41)42-45(28)36/h10-11,13-21H,6-9,12H2,1-5H3/q+2. The lowest BCUT2D eigenvalue weighted by atomic mass is 9.62. The minimum absolute atomic E-state index is 0.313. The average molecular weight is 613 g/mol. The number of rotatable bonds is 5. The van der Waals surface area contributed by atoms with Crippen LogP contribution in [0.25, 0.3) is 33.4 Å². The van der Waals surface area contributed by atoms with E-state index in [1.807, 2.05) is 30.5 Å². The van der Waals surface area contributed by atoms with Crippen LogP contribution < -0.4 is 9.13 Å². The summed E-state index contributed by atoms with van der Waals surface area (Å²) in [6.45, 7) is 10.5. The van der Waals surface area contributed by atoms with Crippen molar-refractivity contribution in [3.8, 4) is 22.6 Å². The van der Waals surface area contributed by atoms with Gasteiger partial charge >= 0.3 is 11.8 Å². The van der Waals surface area contributed by atoms with Gasteiger partial charge in [0.25, 0.3) is 5.54 Å². The first-order chi connectivity index (χ1) is 21.5. The molecule has 0 N–H and O–H groups in total. The lowest BCUT2D eigenvalue weighted by molar-refractivity contribution is -0.867. The fourth-order valence-electron chi connectivity index (χ4n) is 9.17. The molecule has 1 atom stereocenters. The van der Waals surface area contributed by atoms with E-state index in [4.69, 9.17) is 0 Å². The number of hydrogen-bond donors (Lipinski definition) is 0. The third kappa shape index (κ3) is 3.16. The largest absolute Gasteiger partial charge is 0.435 e. The van der Waals surface area contributed by atoms with Gasteiger partial charge in [0.15, 0.2) is 18.1 Å². The summed E-state index contributed by atoms with van der Waals surface area (Å²) < 4.78 is 65.5. The van der Waals surface area contributed by atoms with E-state index in [-0.39, 0.29) is 5.82 Å². The monoisotopic (exact) mass is 612 g/mol. The highest BCUT2D eigenvalue weighted by Crippen LogP contribution is 2.59. The van der Waals surface area contributed by atoms with Gasteiger partial charge in [-0.15, -0.1) is 0 Å². The van der Waals surface area contributed by atoms with Crippen LogP contribution in [0.5, 0.6) is 0 Å². The Morgan fingerprint density at radius 2 is 1.64 bits per heavy atom. The first-order valence-corrected chi connectivity index (χ1v) is 16.0. The number of aromatic nitrogens is 4. The second kappa shape index (κ2) is 9.02. The van der Waals surface area contributed by atoms with E-state index >= 15 is 4.39 Å². The van der Waals surface area contributed by atoms with Gasteiger partial charge < -0.3 is 0 Å². The normalized spacial score (nSPS) is 19.7. The molecule has 5 heterocycles. The van der Waals surface area contributed by atoms with Gasteiger partial charge in [-0.1, -0.05) is 53.2 Å². The second-order valence-corrected chi connectivity index (χ2v) is 13.4. The van der Waals surface area contributed by atoms with Gasteiger partial charge in [0.05, 0.1) is 16.5 Å². The molecule has 1 unspecified atom stereocenters. The molecule has 0 saturated heterocycles. The van der Waals surface area contributed by atoms with Crippen LogP contribution in [0.4, 0.5) is 17.6 Å². The molecule has 3 aliphatic rings. The number of nitrogens with zero attached hydrogens (tertiary/aromatic N) is 4. The van der Waals surface area contributed by atoms with Crippen LogP contribution in [0, 0.1) is 5.82 Å². The highest BCUT2D eigenvalue weighted by atomic mass is 19.4. The number of benzene rings is 2. The summed E-state index contributed by atoms with van der Waals surface area (Å²) in [5, 5.41) is 6.67. The first-order valence-electron chi connectivity index (χ1n) is 16.0. The van der Waals surface area contributed by atoms with Crippen LogP contribution in [-0.4, -0.2) is 9.78 Å². The van der Waals surface area contributed by atoms with E-state index in [2.05, 4.69) is 73.2 Å². The number of fused-ring (bicyclic) bond motifs is 6. The third-order valence-electron chi connectivity index (χ3n) is 11.1. The van der Waals surface area contributed by atoms with Crippen molar-refractivity contribution in [2.24, 2.45) is 0 Å². The predicted octanol–water partition coefficient (Wildman–Crippen LogP) is 8.18. The molecule has 3 aromatic heterocycles. The Kier molecular flexibility index (Phi) is 5.69. The molecular weight excluding hydrogens is 576 g/mol. The van der Waals surface area contributed by atoms with Gasteiger partial charge in [-0.05, 0) is 47.6 Å². The van der Waals surface area contributed by atoms with E-state index in [0.717, 1.165) is 58.5 Å². The Morgan fingerprint density at radius 1 is 0.889 bits per heavy atom. The molecule has 0 radical (unpaired) electrons. The summed E-state index contributed by atoms with van der Waals surface area (Å²) in [6, 6.07) is 16.7. The number of unbranched alkanes of at least 4 members (excludes halogenated alkanes) is 1. The van der Waals surface area contributed by atoms with Crippen LogP contribution in [0.2, 0.25) is 0 Å². The van der Waals surface area contributed by atoms with Gasteiger partial charge in [0.1, 0.15) is 11.5 Å². The Bertz CT molecular complexity index is 2070. The summed E-state index contributed by atoms with van der Waals surface area (Å²) in [5.41, 5.74) is 2.79. The molecule has 0 amide bonds. The van der Waals surface area contributed by atoms with E-state index in [0.29, 0.717) is 29.8 Å². The highest BCUT2D eigenvalue weighted by Gasteiger charge is 2.76. The minimum atomic E-state index is -4.62. The van der Waals surface area contributed by atoms with Gasteiger partial charge in [0, 0.05) is 48.1 Å². The quantitative estimate of drug-likeness (QED) is 0.145. The zero-order valence-electron chi connectivity index (χ0n) is 26.2. The molecular formula is C37H36F4N4+2. The molecule has 4 nitrogen and oxygen atoms in total. The minimum Gasteiger partial charge on any atom is -0.207 e. The SMILES string of the molecule is CCCCc1ccc2c3c4[n+](ccc13)C(CC)(CC)C1(c3ccc(F)c(c3-4)C2(C)C)n2nc(C(F)(F)F)cc2-c2cccc[n+]21. The fourth-order valence-corrected chi connectivity index (χ4v) is 9.17. The van der Waals surface area contributed by atoms with Crippen molar-refractivity contribution >= 4 is 10.8 Å². The maximum atomic E-state index is 16.4. The van der Waals surface area contributed by atoms with Crippen LogP contribution in [0.1, 0.15) is 88.2 Å². The van der Waals surface area contributed by atoms with Crippen molar-refractivity contribution in [2.45, 2.75) is 89.5 Å². The first kappa shape index (κ1) is 28.4. The number of alkyl halides is 3.